The fraction of sp³-hybridized carbons (Fsp3) is 0.188. The minimum Gasteiger partial charge on any atom is -0.440 e. The van der Waals surface area contributed by atoms with Crippen LogP contribution in [0.5, 0.6) is 0 Å². The molecule has 5 heteroatoms. The van der Waals surface area contributed by atoms with Crippen LogP contribution in [0.4, 0.5) is 0 Å². The van der Waals surface area contributed by atoms with Gasteiger partial charge in [-0.1, -0.05) is 30.0 Å². The summed E-state index contributed by atoms with van der Waals surface area (Å²) in [5.74, 6) is 2.14. The van der Waals surface area contributed by atoms with Gasteiger partial charge in [-0.3, -0.25) is 0 Å². The first kappa shape index (κ1) is 13.8. The molecular weight excluding hydrogens is 282 g/mol. The third kappa shape index (κ3) is 3.49. The zero-order valence-corrected chi connectivity index (χ0v) is 12.7. The number of nitrogens with zero attached hydrogens (tertiary/aromatic N) is 3. The largest absolute Gasteiger partial charge is 0.440 e. The minimum atomic E-state index is 0.646. The summed E-state index contributed by atoms with van der Waals surface area (Å²) >= 11 is 1.55. The highest BCUT2D eigenvalue weighted by atomic mass is 32.2. The van der Waals surface area contributed by atoms with Gasteiger partial charge in [0.1, 0.15) is 5.76 Å². The summed E-state index contributed by atoms with van der Waals surface area (Å²) in [5, 5.41) is 0.769. The van der Waals surface area contributed by atoms with Crippen molar-refractivity contribution >= 4 is 11.8 Å². The Hall–Kier alpha value is -2.14. The Morgan fingerprint density at radius 1 is 1.05 bits per heavy atom. The summed E-state index contributed by atoms with van der Waals surface area (Å²) < 4.78 is 5.76. The summed E-state index contributed by atoms with van der Waals surface area (Å²) in [6.45, 7) is 3.95. The summed E-state index contributed by atoms with van der Waals surface area (Å²) in [7, 11) is 0. The second-order valence-electron chi connectivity index (χ2n) is 4.72. The van der Waals surface area contributed by atoms with Crippen molar-refractivity contribution < 1.29 is 4.42 Å². The van der Waals surface area contributed by atoms with Crippen molar-refractivity contribution in [2.45, 2.75) is 24.8 Å². The van der Waals surface area contributed by atoms with E-state index in [1.54, 1.807) is 18.0 Å². The van der Waals surface area contributed by atoms with Crippen LogP contribution in [0.25, 0.3) is 11.5 Å². The van der Waals surface area contributed by atoms with Gasteiger partial charge in [0.05, 0.1) is 11.9 Å². The third-order valence-electron chi connectivity index (χ3n) is 2.88. The molecule has 0 saturated carbocycles. The molecule has 0 N–H and O–H groups in total. The molecule has 0 amide bonds. The minimum absolute atomic E-state index is 0.646. The van der Waals surface area contributed by atoms with Crippen molar-refractivity contribution in [2.75, 3.05) is 0 Å². The SMILES string of the molecule is Cc1cc(C)nc(SCc2cnc(-c3ccccc3)o2)n1. The van der Waals surface area contributed by atoms with E-state index in [4.69, 9.17) is 4.42 Å². The number of rotatable bonds is 4. The average Bonchev–Trinajstić information content (AvgIpc) is 2.94. The highest BCUT2D eigenvalue weighted by Crippen LogP contribution is 2.24. The maximum absolute atomic E-state index is 5.76. The molecule has 2 heterocycles. The molecule has 0 fully saturated rings. The Kier molecular flexibility index (Phi) is 4.01. The van der Waals surface area contributed by atoms with Gasteiger partial charge in [-0.2, -0.15) is 0 Å². The maximum atomic E-state index is 5.76. The molecule has 2 aromatic heterocycles. The van der Waals surface area contributed by atoms with Gasteiger partial charge >= 0.3 is 0 Å². The molecule has 0 bridgehead atoms. The molecule has 0 unspecified atom stereocenters. The van der Waals surface area contributed by atoms with Gasteiger partial charge < -0.3 is 4.42 Å². The Morgan fingerprint density at radius 3 is 2.48 bits per heavy atom. The fourth-order valence-electron chi connectivity index (χ4n) is 1.98. The zero-order chi connectivity index (χ0) is 14.7. The second kappa shape index (κ2) is 6.10. The van der Waals surface area contributed by atoms with Crippen molar-refractivity contribution in [3.63, 3.8) is 0 Å². The Labute approximate surface area is 127 Å². The highest BCUT2D eigenvalue weighted by molar-refractivity contribution is 7.98. The predicted octanol–water partition coefficient (Wildman–Crippen LogP) is 4.04. The average molecular weight is 297 g/mol. The van der Waals surface area contributed by atoms with Gasteiger partial charge in [0.25, 0.3) is 0 Å². The first-order chi connectivity index (χ1) is 10.2. The van der Waals surface area contributed by atoms with E-state index in [9.17, 15) is 0 Å². The molecule has 1 aromatic carbocycles. The van der Waals surface area contributed by atoms with Crippen LogP contribution in [0.1, 0.15) is 17.1 Å². The van der Waals surface area contributed by atoms with Gasteiger partial charge in [-0.05, 0) is 32.0 Å². The molecule has 0 aliphatic carbocycles. The van der Waals surface area contributed by atoms with Crippen LogP contribution in [0.2, 0.25) is 0 Å². The van der Waals surface area contributed by atoms with Crippen LogP contribution in [-0.2, 0) is 5.75 Å². The van der Waals surface area contributed by atoms with Crippen molar-refractivity contribution in [2.24, 2.45) is 0 Å². The van der Waals surface area contributed by atoms with Gasteiger partial charge in [-0.25, -0.2) is 15.0 Å². The lowest BCUT2D eigenvalue weighted by Gasteiger charge is -2.01. The van der Waals surface area contributed by atoms with E-state index in [0.29, 0.717) is 11.6 Å². The fourth-order valence-corrected chi connectivity index (χ4v) is 2.80. The van der Waals surface area contributed by atoms with Crippen molar-refractivity contribution in [1.29, 1.82) is 0 Å². The molecule has 0 aliphatic rings. The molecule has 4 nitrogen and oxygen atoms in total. The van der Waals surface area contributed by atoms with Gasteiger partial charge in [-0.15, -0.1) is 0 Å². The molecule has 0 aliphatic heterocycles. The predicted molar refractivity (Wildman–Crippen MR) is 83.0 cm³/mol. The second-order valence-corrected chi connectivity index (χ2v) is 5.66. The summed E-state index contributed by atoms with van der Waals surface area (Å²) in [6.07, 6.45) is 1.76. The first-order valence-electron chi connectivity index (χ1n) is 6.66. The number of aryl methyl sites for hydroxylation is 2. The number of aromatic nitrogens is 3. The number of hydrogen-bond acceptors (Lipinski definition) is 5. The van der Waals surface area contributed by atoms with E-state index in [1.807, 2.05) is 50.2 Å². The first-order valence-corrected chi connectivity index (χ1v) is 7.64. The maximum Gasteiger partial charge on any atom is 0.226 e. The number of oxazole rings is 1. The summed E-state index contributed by atoms with van der Waals surface area (Å²) in [4.78, 5) is 13.1. The zero-order valence-electron chi connectivity index (χ0n) is 11.9. The van der Waals surface area contributed by atoms with E-state index in [0.717, 1.165) is 27.9 Å². The van der Waals surface area contributed by atoms with Gasteiger partial charge in [0, 0.05) is 17.0 Å². The molecule has 106 valence electrons. The molecule has 0 atom stereocenters. The van der Waals surface area contributed by atoms with Crippen LogP contribution in [-0.4, -0.2) is 15.0 Å². The Balaban J connectivity index is 1.70. The Morgan fingerprint density at radius 2 is 1.76 bits per heavy atom. The molecule has 3 rings (SSSR count). The number of benzene rings is 1. The lowest BCUT2D eigenvalue weighted by Crippen LogP contribution is -1.92. The summed E-state index contributed by atoms with van der Waals surface area (Å²) in [5.41, 5.74) is 2.94. The topological polar surface area (TPSA) is 51.8 Å². The van der Waals surface area contributed by atoms with E-state index in [1.165, 1.54) is 0 Å². The lowest BCUT2D eigenvalue weighted by molar-refractivity contribution is 0.538. The van der Waals surface area contributed by atoms with Crippen molar-refractivity contribution in [3.05, 3.63) is 59.7 Å². The van der Waals surface area contributed by atoms with Crippen molar-refractivity contribution in [1.82, 2.24) is 15.0 Å². The molecule has 21 heavy (non-hydrogen) atoms. The summed E-state index contributed by atoms with van der Waals surface area (Å²) in [6, 6.07) is 11.8. The van der Waals surface area contributed by atoms with Gasteiger partial charge in [0.15, 0.2) is 5.16 Å². The van der Waals surface area contributed by atoms with E-state index >= 15 is 0 Å². The third-order valence-corrected chi connectivity index (χ3v) is 3.75. The van der Waals surface area contributed by atoms with Crippen LogP contribution < -0.4 is 0 Å². The monoisotopic (exact) mass is 297 g/mol. The van der Waals surface area contributed by atoms with Crippen LogP contribution in [0.15, 0.2) is 52.2 Å². The van der Waals surface area contributed by atoms with Crippen LogP contribution >= 0.6 is 11.8 Å². The molecule has 0 radical (unpaired) electrons. The van der Waals surface area contributed by atoms with E-state index in [-0.39, 0.29) is 0 Å². The Bertz CT molecular complexity index is 720. The van der Waals surface area contributed by atoms with Gasteiger partial charge in [0.2, 0.25) is 5.89 Å². The van der Waals surface area contributed by atoms with Crippen molar-refractivity contribution in [3.8, 4) is 11.5 Å². The van der Waals surface area contributed by atoms with Crippen LogP contribution in [0.3, 0.4) is 0 Å². The molecule has 0 spiro atoms. The van der Waals surface area contributed by atoms with E-state index < -0.39 is 0 Å². The highest BCUT2D eigenvalue weighted by Gasteiger charge is 2.08. The molecular formula is C16H15N3OS. The van der Waals surface area contributed by atoms with Crippen LogP contribution in [0, 0.1) is 13.8 Å². The molecule has 3 aromatic rings. The number of hydrogen-bond donors (Lipinski definition) is 0. The lowest BCUT2D eigenvalue weighted by atomic mass is 10.2. The molecule has 0 saturated heterocycles. The quantitative estimate of drug-likeness (QED) is 0.537. The standard InChI is InChI=1S/C16H15N3OS/c1-11-8-12(2)19-16(18-11)21-10-14-9-17-15(20-14)13-6-4-3-5-7-13/h3-9H,10H2,1-2H3. The van der Waals surface area contributed by atoms with E-state index in [2.05, 4.69) is 15.0 Å². The smallest absolute Gasteiger partial charge is 0.226 e. The number of thioether (sulfide) groups is 1. The normalized spacial score (nSPS) is 10.8.